The van der Waals surface area contributed by atoms with Gasteiger partial charge in [-0.05, 0) is 30.5 Å². The zero-order valence-electron chi connectivity index (χ0n) is 11.0. The van der Waals surface area contributed by atoms with Gasteiger partial charge in [0.15, 0.2) is 0 Å². The molecule has 1 aromatic carbocycles. The average Bonchev–Trinajstić information content (AvgIpc) is 2.28. The second kappa shape index (κ2) is 7.30. The van der Waals surface area contributed by atoms with Crippen molar-refractivity contribution in [2.75, 3.05) is 25.6 Å². The molecular weight excluding hydrogens is 214 g/mol. The van der Waals surface area contributed by atoms with Crippen molar-refractivity contribution in [3.63, 3.8) is 0 Å². The summed E-state index contributed by atoms with van der Waals surface area (Å²) < 4.78 is 11.1. The molecular formula is C14H23NO2. The SMILES string of the molecule is CC(C)COCCOC(C)c1cccc(N)c1. The first kappa shape index (κ1) is 14.0. The number of benzene rings is 1. The van der Waals surface area contributed by atoms with Gasteiger partial charge in [-0.25, -0.2) is 0 Å². The van der Waals surface area contributed by atoms with Gasteiger partial charge >= 0.3 is 0 Å². The second-order valence-electron chi connectivity index (χ2n) is 4.65. The molecule has 0 bridgehead atoms. The molecule has 0 saturated carbocycles. The largest absolute Gasteiger partial charge is 0.399 e. The summed E-state index contributed by atoms with van der Waals surface area (Å²) >= 11 is 0. The fourth-order valence-electron chi connectivity index (χ4n) is 1.51. The van der Waals surface area contributed by atoms with E-state index in [1.165, 1.54) is 0 Å². The van der Waals surface area contributed by atoms with Crippen LogP contribution in [0.3, 0.4) is 0 Å². The van der Waals surface area contributed by atoms with Crippen LogP contribution in [0.25, 0.3) is 0 Å². The maximum atomic E-state index is 5.73. The van der Waals surface area contributed by atoms with E-state index in [1.54, 1.807) is 0 Å². The Morgan fingerprint density at radius 1 is 1.18 bits per heavy atom. The van der Waals surface area contributed by atoms with Gasteiger partial charge in [-0.1, -0.05) is 26.0 Å². The van der Waals surface area contributed by atoms with Gasteiger partial charge < -0.3 is 15.2 Å². The van der Waals surface area contributed by atoms with Crippen LogP contribution in [-0.2, 0) is 9.47 Å². The summed E-state index contributed by atoms with van der Waals surface area (Å²) in [4.78, 5) is 0. The van der Waals surface area contributed by atoms with Crippen molar-refractivity contribution >= 4 is 5.69 Å². The monoisotopic (exact) mass is 237 g/mol. The molecule has 1 aromatic rings. The van der Waals surface area contributed by atoms with Gasteiger partial charge in [-0.3, -0.25) is 0 Å². The van der Waals surface area contributed by atoms with Crippen LogP contribution in [0.1, 0.15) is 32.4 Å². The van der Waals surface area contributed by atoms with Crippen molar-refractivity contribution in [2.24, 2.45) is 5.92 Å². The van der Waals surface area contributed by atoms with Crippen LogP contribution in [0.2, 0.25) is 0 Å². The molecule has 17 heavy (non-hydrogen) atoms. The molecule has 0 heterocycles. The van der Waals surface area contributed by atoms with Gasteiger partial charge in [0, 0.05) is 12.3 Å². The van der Waals surface area contributed by atoms with Gasteiger partial charge in [0.05, 0.1) is 19.3 Å². The highest BCUT2D eigenvalue weighted by molar-refractivity contribution is 5.41. The molecule has 0 amide bonds. The highest BCUT2D eigenvalue weighted by atomic mass is 16.5. The molecule has 1 unspecified atom stereocenters. The Hall–Kier alpha value is -1.06. The van der Waals surface area contributed by atoms with E-state index < -0.39 is 0 Å². The van der Waals surface area contributed by atoms with Crippen LogP contribution in [0.4, 0.5) is 5.69 Å². The molecule has 0 aliphatic rings. The standard InChI is InChI=1S/C14H23NO2/c1-11(2)10-16-7-8-17-12(3)13-5-4-6-14(15)9-13/h4-6,9,11-12H,7-8,10,15H2,1-3H3. The van der Waals surface area contributed by atoms with E-state index in [0.29, 0.717) is 19.1 Å². The predicted molar refractivity (Wildman–Crippen MR) is 70.9 cm³/mol. The highest BCUT2D eigenvalue weighted by Gasteiger charge is 2.05. The van der Waals surface area contributed by atoms with Crippen LogP contribution in [0, 0.1) is 5.92 Å². The normalized spacial score (nSPS) is 12.9. The van der Waals surface area contributed by atoms with E-state index >= 15 is 0 Å². The lowest BCUT2D eigenvalue weighted by Gasteiger charge is -2.14. The number of hydrogen-bond donors (Lipinski definition) is 1. The summed E-state index contributed by atoms with van der Waals surface area (Å²) in [7, 11) is 0. The molecule has 2 N–H and O–H groups in total. The number of anilines is 1. The number of rotatable bonds is 7. The lowest BCUT2D eigenvalue weighted by Crippen LogP contribution is -2.10. The lowest BCUT2D eigenvalue weighted by atomic mass is 10.1. The molecule has 1 atom stereocenters. The fraction of sp³-hybridized carbons (Fsp3) is 0.571. The Kier molecular flexibility index (Phi) is 6.01. The molecule has 0 saturated heterocycles. The van der Waals surface area contributed by atoms with Crippen LogP contribution >= 0.6 is 0 Å². The summed E-state index contributed by atoms with van der Waals surface area (Å²) in [6, 6.07) is 7.79. The lowest BCUT2D eigenvalue weighted by molar-refractivity contribution is 0.00543. The van der Waals surface area contributed by atoms with Crippen LogP contribution < -0.4 is 5.73 Å². The molecule has 0 fully saturated rings. The van der Waals surface area contributed by atoms with E-state index in [1.807, 2.05) is 31.2 Å². The van der Waals surface area contributed by atoms with Gasteiger partial charge in [0.1, 0.15) is 0 Å². The summed E-state index contributed by atoms with van der Waals surface area (Å²) in [6.07, 6.45) is 0.0566. The highest BCUT2D eigenvalue weighted by Crippen LogP contribution is 2.18. The molecule has 0 aliphatic heterocycles. The van der Waals surface area contributed by atoms with Gasteiger partial charge in [-0.15, -0.1) is 0 Å². The first-order valence-electron chi connectivity index (χ1n) is 6.14. The van der Waals surface area contributed by atoms with E-state index in [-0.39, 0.29) is 6.10 Å². The summed E-state index contributed by atoms with van der Waals surface area (Å²) in [5, 5.41) is 0. The smallest absolute Gasteiger partial charge is 0.0798 e. The minimum absolute atomic E-state index is 0.0566. The maximum absolute atomic E-state index is 5.73. The molecule has 0 aromatic heterocycles. The number of nitrogen functional groups attached to an aromatic ring is 1. The molecule has 3 nitrogen and oxygen atoms in total. The topological polar surface area (TPSA) is 44.5 Å². The van der Waals surface area contributed by atoms with E-state index in [4.69, 9.17) is 15.2 Å². The minimum atomic E-state index is 0.0566. The van der Waals surface area contributed by atoms with Gasteiger partial charge in [-0.2, -0.15) is 0 Å². The van der Waals surface area contributed by atoms with Crippen LogP contribution in [-0.4, -0.2) is 19.8 Å². The van der Waals surface area contributed by atoms with E-state index in [9.17, 15) is 0 Å². The molecule has 3 heteroatoms. The zero-order chi connectivity index (χ0) is 12.7. The predicted octanol–water partition coefficient (Wildman–Crippen LogP) is 3.02. The summed E-state index contributed by atoms with van der Waals surface area (Å²) in [5.74, 6) is 0.571. The van der Waals surface area contributed by atoms with Gasteiger partial charge in [0.2, 0.25) is 0 Å². The third kappa shape index (κ3) is 5.71. The Bertz CT molecular complexity index is 326. The Morgan fingerprint density at radius 2 is 1.94 bits per heavy atom. The Labute approximate surface area is 104 Å². The molecule has 0 spiro atoms. The van der Waals surface area contributed by atoms with Crippen LogP contribution in [0.15, 0.2) is 24.3 Å². The van der Waals surface area contributed by atoms with Crippen molar-refractivity contribution in [1.29, 1.82) is 0 Å². The van der Waals surface area contributed by atoms with Crippen molar-refractivity contribution in [1.82, 2.24) is 0 Å². The number of nitrogens with two attached hydrogens (primary N) is 1. The third-order valence-electron chi connectivity index (χ3n) is 2.43. The van der Waals surface area contributed by atoms with E-state index in [0.717, 1.165) is 17.9 Å². The number of ether oxygens (including phenoxy) is 2. The molecule has 0 aliphatic carbocycles. The fourth-order valence-corrected chi connectivity index (χ4v) is 1.51. The first-order valence-corrected chi connectivity index (χ1v) is 6.14. The first-order chi connectivity index (χ1) is 8.09. The van der Waals surface area contributed by atoms with Gasteiger partial charge in [0.25, 0.3) is 0 Å². The average molecular weight is 237 g/mol. The molecule has 0 radical (unpaired) electrons. The van der Waals surface area contributed by atoms with Crippen molar-refractivity contribution < 1.29 is 9.47 Å². The maximum Gasteiger partial charge on any atom is 0.0798 e. The summed E-state index contributed by atoms with van der Waals surface area (Å²) in [5.41, 5.74) is 7.60. The number of hydrogen-bond acceptors (Lipinski definition) is 3. The zero-order valence-corrected chi connectivity index (χ0v) is 11.0. The quantitative estimate of drug-likeness (QED) is 0.585. The molecule has 1 rings (SSSR count). The van der Waals surface area contributed by atoms with Crippen molar-refractivity contribution in [2.45, 2.75) is 26.9 Å². The van der Waals surface area contributed by atoms with Crippen molar-refractivity contribution in [3.8, 4) is 0 Å². The second-order valence-corrected chi connectivity index (χ2v) is 4.65. The van der Waals surface area contributed by atoms with E-state index in [2.05, 4.69) is 13.8 Å². The minimum Gasteiger partial charge on any atom is -0.399 e. The van der Waals surface area contributed by atoms with Crippen molar-refractivity contribution in [3.05, 3.63) is 29.8 Å². The summed E-state index contributed by atoms with van der Waals surface area (Å²) in [6.45, 7) is 8.34. The molecule has 96 valence electrons. The Morgan fingerprint density at radius 3 is 2.59 bits per heavy atom. The third-order valence-corrected chi connectivity index (χ3v) is 2.43. The Balaban J connectivity index is 2.23. The van der Waals surface area contributed by atoms with Crippen LogP contribution in [0.5, 0.6) is 0 Å².